The number of hydrogen-bond acceptors (Lipinski definition) is 10. The fourth-order valence-corrected chi connectivity index (χ4v) is 15.0. The van der Waals surface area contributed by atoms with Gasteiger partial charge in [0, 0.05) is 114 Å². The van der Waals surface area contributed by atoms with Crippen LogP contribution in [0.2, 0.25) is 13.1 Å². The molecule has 1 aliphatic heterocycles. The summed E-state index contributed by atoms with van der Waals surface area (Å²) in [6.07, 6.45) is 8.21. The van der Waals surface area contributed by atoms with E-state index in [1.807, 2.05) is 36.4 Å². The lowest BCUT2D eigenvalue weighted by Gasteiger charge is -2.38. The Kier molecular flexibility index (Phi) is 20.2. The van der Waals surface area contributed by atoms with Crippen molar-refractivity contribution < 1.29 is 34.3 Å². The van der Waals surface area contributed by atoms with Gasteiger partial charge in [-0.05, 0) is 164 Å². The molecule has 432 valence electrons. The molecule has 8 rings (SSSR count). The lowest BCUT2D eigenvalue weighted by molar-refractivity contribution is -0.462. The van der Waals surface area contributed by atoms with E-state index < -0.39 is 22.3 Å². The van der Waals surface area contributed by atoms with Crippen molar-refractivity contribution in [1.29, 1.82) is 0 Å². The van der Waals surface area contributed by atoms with Crippen LogP contribution in [0.25, 0.3) is 27.1 Å². The third-order valence-electron chi connectivity index (χ3n) is 16.5. The Bertz CT molecular complexity index is 3580. The Morgan fingerprint density at radius 1 is 0.627 bits per heavy atom. The Morgan fingerprint density at radius 2 is 1.13 bits per heavy atom. The maximum Gasteiger partial charge on any atom is 0.488 e. The first kappa shape index (κ1) is 61.9. The van der Waals surface area contributed by atoms with Crippen LogP contribution in [0, 0.1) is 0 Å². The maximum absolute atomic E-state index is 12.8. The number of hydrogen-bond donors (Lipinski definition) is 6. The maximum atomic E-state index is 12.8. The van der Waals surface area contributed by atoms with Gasteiger partial charge in [-0.3, -0.25) is 19.4 Å². The van der Waals surface area contributed by atoms with Crippen molar-refractivity contribution in [3.05, 3.63) is 190 Å². The lowest BCUT2D eigenvalue weighted by Crippen LogP contribution is -2.49. The summed E-state index contributed by atoms with van der Waals surface area (Å²) >= 11 is 0. The number of nitrogens with one attached hydrogen (secondary N) is 2. The largest absolute Gasteiger partial charge is 0.488 e. The van der Waals surface area contributed by atoms with E-state index >= 15 is 0 Å². The van der Waals surface area contributed by atoms with Gasteiger partial charge >= 0.3 is 14.2 Å². The SMILES string of the molecule is C=C(C)C(=O)NCCCN(Cc1ccccc1B(O)O)Cc1c2ccc(N(CC)CC)cc2c(CN(CCCNC(=O)C(=C)C)Cc2ccccc2B(O)O)c2ccc(C3=C4C=CC(=[N+](C)C)C=C4[Si](C)(C)c4cc(N(C)C)ccc43)cc12. The van der Waals surface area contributed by atoms with E-state index in [0.29, 0.717) is 87.3 Å². The molecular weight excluding hydrogens is 1050 g/mol. The smallest absolute Gasteiger partial charge is 0.423 e. The van der Waals surface area contributed by atoms with Gasteiger partial charge in [0.15, 0.2) is 5.71 Å². The van der Waals surface area contributed by atoms with Gasteiger partial charge in [-0.25, -0.2) is 4.58 Å². The van der Waals surface area contributed by atoms with Crippen LogP contribution < -0.4 is 36.5 Å². The van der Waals surface area contributed by atoms with E-state index in [-0.39, 0.29) is 11.8 Å². The Balaban J connectivity index is 1.43. The molecule has 83 heavy (non-hydrogen) atoms. The Hall–Kier alpha value is -7.14. The Labute approximate surface area is 493 Å². The molecule has 16 heteroatoms. The standard InChI is InChI=1S/C67H83B2N7O6Si/c1-13-76(14-2)52-28-30-54-58(38-52)60(44-75(36-20-34-71-67(78)46(5)6)42-49-22-16-18-24-62(49)69(81)82)53-29-25-47(65-55-31-26-50(72(7)8)39-63(55)83(11,12)64-40-51(73(9)10)27-32-56(64)65)37-57(53)59(54)43-74(35-19-33-70-66(77)45(3)4)41-48-21-15-17-23-61(48)68(79)80/h15-18,21-32,37-40,79-82H,3,5,13-14,19-20,33-36,41-44H2,1-2,4,6-12H3,(H-,70,71,77,78)/p+1. The predicted octanol–water partition coefficient (Wildman–Crippen LogP) is 6.91. The minimum absolute atomic E-state index is 0.192. The summed E-state index contributed by atoms with van der Waals surface area (Å²) in [5.41, 5.74) is 13.7. The van der Waals surface area contributed by atoms with Crippen molar-refractivity contribution in [3.8, 4) is 0 Å². The number of rotatable bonds is 25. The van der Waals surface area contributed by atoms with E-state index in [1.165, 1.54) is 27.1 Å². The molecular formula is C67H84B2N7O6Si+. The van der Waals surface area contributed by atoms with Crippen molar-refractivity contribution in [3.63, 3.8) is 0 Å². The second-order valence-electron chi connectivity index (χ2n) is 23.2. The summed E-state index contributed by atoms with van der Waals surface area (Å²) in [5.74, 6) is -0.385. The molecule has 0 saturated carbocycles. The number of carbonyl (C=O) groups excluding carboxylic acids is 2. The number of fused-ring (bicyclic) bond motifs is 4. The third-order valence-corrected chi connectivity index (χ3v) is 20.1. The van der Waals surface area contributed by atoms with E-state index in [2.05, 4.69) is 176 Å². The number of carbonyl (C=O) groups is 2. The molecule has 0 saturated heterocycles. The van der Waals surface area contributed by atoms with Crippen LogP contribution in [0.3, 0.4) is 0 Å². The molecule has 2 aliphatic rings. The first-order valence-electron chi connectivity index (χ1n) is 29.1. The lowest BCUT2D eigenvalue weighted by atomic mass is 9.77. The molecule has 0 radical (unpaired) electrons. The molecule has 0 bridgehead atoms. The molecule has 0 atom stereocenters. The topological polar surface area (TPSA) is 155 Å². The highest BCUT2D eigenvalue weighted by Crippen LogP contribution is 2.44. The molecule has 0 unspecified atom stereocenters. The fraction of sp³-hybridized carbons (Fsp3) is 0.328. The molecule has 2 amide bonds. The Morgan fingerprint density at radius 3 is 1.63 bits per heavy atom. The van der Waals surface area contributed by atoms with Gasteiger partial charge in [0.2, 0.25) is 11.8 Å². The quantitative estimate of drug-likeness (QED) is 0.0117. The normalized spacial score (nSPS) is 13.5. The average molecular weight is 1130 g/mol. The summed E-state index contributed by atoms with van der Waals surface area (Å²) in [5, 5.41) is 55.9. The molecule has 1 aliphatic carbocycles. The van der Waals surface area contributed by atoms with Gasteiger partial charge in [0.25, 0.3) is 0 Å². The van der Waals surface area contributed by atoms with E-state index in [1.54, 1.807) is 26.0 Å². The summed E-state index contributed by atoms with van der Waals surface area (Å²) in [6, 6.07) is 35.7. The monoisotopic (exact) mass is 1130 g/mol. The zero-order valence-electron chi connectivity index (χ0n) is 50.4. The molecule has 13 nitrogen and oxygen atoms in total. The predicted molar refractivity (Wildman–Crippen MR) is 349 cm³/mol. The number of allylic oxidation sites excluding steroid dienone is 5. The van der Waals surface area contributed by atoms with Gasteiger partial charge in [-0.15, -0.1) is 0 Å². The van der Waals surface area contributed by atoms with E-state index in [0.717, 1.165) is 79.5 Å². The van der Waals surface area contributed by atoms with Crippen LogP contribution in [0.15, 0.2) is 156 Å². The minimum atomic E-state index is -2.30. The van der Waals surface area contributed by atoms with Gasteiger partial charge in [-0.2, -0.15) is 0 Å². The number of benzene rings is 6. The van der Waals surface area contributed by atoms with Crippen LogP contribution in [0.1, 0.15) is 73.9 Å². The van der Waals surface area contributed by atoms with Crippen molar-refractivity contribution in [1.82, 2.24) is 20.4 Å². The molecule has 0 fully saturated rings. The van der Waals surface area contributed by atoms with E-state index in [9.17, 15) is 29.7 Å². The highest BCUT2D eigenvalue weighted by Gasteiger charge is 2.41. The summed E-state index contributed by atoms with van der Waals surface area (Å²) in [4.78, 5) is 34.8. The first-order chi connectivity index (χ1) is 39.6. The summed E-state index contributed by atoms with van der Waals surface area (Å²) in [6.45, 7) is 25.8. The van der Waals surface area contributed by atoms with Crippen LogP contribution in [0.5, 0.6) is 0 Å². The highest BCUT2D eigenvalue weighted by molar-refractivity contribution is 6.98. The highest BCUT2D eigenvalue weighted by atomic mass is 28.3. The molecule has 0 spiro atoms. The van der Waals surface area contributed by atoms with Crippen molar-refractivity contribution in [2.75, 3.05) is 77.3 Å². The molecule has 6 aromatic rings. The third kappa shape index (κ3) is 13.9. The minimum Gasteiger partial charge on any atom is -0.423 e. The van der Waals surface area contributed by atoms with Crippen LogP contribution in [-0.4, -0.2) is 142 Å². The van der Waals surface area contributed by atoms with Gasteiger partial charge in [-0.1, -0.05) is 99.0 Å². The van der Waals surface area contributed by atoms with Crippen molar-refractivity contribution >= 4 is 94.4 Å². The molecule has 6 N–H and O–H groups in total. The van der Waals surface area contributed by atoms with E-state index in [4.69, 9.17) is 0 Å². The van der Waals surface area contributed by atoms with Crippen molar-refractivity contribution in [2.45, 2.75) is 79.8 Å². The summed E-state index contributed by atoms with van der Waals surface area (Å²) < 4.78 is 2.18. The zero-order valence-corrected chi connectivity index (χ0v) is 51.4. The number of nitrogens with zero attached hydrogens (tertiary/aromatic N) is 5. The molecule has 0 aromatic heterocycles. The number of anilines is 2. The van der Waals surface area contributed by atoms with Gasteiger partial charge in [0.1, 0.15) is 22.2 Å². The van der Waals surface area contributed by atoms with Gasteiger partial charge < -0.3 is 40.5 Å². The zero-order chi connectivity index (χ0) is 59.9. The first-order valence-corrected chi connectivity index (χ1v) is 32.1. The molecule has 6 aromatic carbocycles. The second-order valence-corrected chi connectivity index (χ2v) is 27.5. The fourth-order valence-electron chi connectivity index (χ4n) is 11.9. The second kappa shape index (κ2) is 27.1. The van der Waals surface area contributed by atoms with Crippen molar-refractivity contribution in [2.24, 2.45) is 0 Å². The molecule has 1 heterocycles. The van der Waals surface area contributed by atoms with Gasteiger partial charge in [0.05, 0.1) is 0 Å². The summed E-state index contributed by atoms with van der Waals surface area (Å²) in [7, 11) is 2.77. The van der Waals surface area contributed by atoms with Crippen LogP contribution >= 0.6 is 0 Å². The number of amides is 2. The van der Waals surface area contributed by atoms with Crippen LogP contribution in [-0.2, 0) is 35.8 Å². The van der Waals surface area contributed by atoms with Crippen LogP contribution in [0.4, 0.5) is 11.4 Å². The average Bonchev–Trinajstić information content (AvgIpc) is 3.48.